The molecule has 0 radical (unpaired) electrons. The second kappa shape index (κ2) is 3.94. The van der Waals surface area contributed by atoms with Gasteiger partial charge in [-0.3, -0.25) is 0 Å². The lowest BCUT2D eigenvalue weighted by atomic mass is 10.1. The third-order valence-electron chi connectivity index (χ3n) is 1.58. The molecule has 0 spiro atoms. The minimum atomic E-state index is -0.0513. The molecule has 0 amide bonds. The Morgan fingerprint density at radius 1 is 1.33 bits per heavy atom. The SMILES string of the molecule is Cc1ccccc1C#CC(C)N. The summed E-state index contributed by atoms with van der Waals surface area (Å²) in [4.78, 5) is 0. The van der Waals surface area contributed by atoms with Crippen molar-refractivity contribution in [2.45, 2.75) is 19.9 Å². The lowest BCUT2D eigenvalue weighted by molar-refractivity contribution is 0.959. The molecule has 1 aromatic rings. The molecule has 0 fully saturated rings. The number of hydrogen-bond donors (Lipinski definition) is 1. The van der Waals surface area contributed by atoms with Gasteiger partial charge in [0.1, 0.15) is 0 Å². The first kappa shape index (κ1) is 8.83. The van der Waals surface area contributed by atoms with Crippen LogP contribution in [0.25, 0.3) is 0 Å². The van der Waals surface area contributed by atoms with Crippen LogP contribution < -0.4 is 5.73 Å². The summed E-state index contributed by atoms with van der Waals surface area (Å²) in [5.74, 6) is 5.97. The standard InChI is InChI=1S/C11H13N/c1-9-5-3-4-6-11(9)8-7-10(2)12/h3-6,10H,12H2,1-2H3. The highest BCUT2D eigenvalue weighted by molar-refractivity contribution is 5.40. The zero-order chi connectivity index (χ0) is 8.97. The summed E-state index contributed by atoms with van der Waals surface area (Å²) in [7, 11) is 0. The number of hydrogen-bond acceptors (Lipinski definition) is 1. The molecule has 1 aromatic carbocycles. The summed E-state index contributed by atoms with van der Waals surface area (Å²) >= 11 is 0. The van der Waals surface area contributed by atoms with Crippen LogP contribution in [-0.2, 0) is 0 Å². The Morgan fingerprint density at radius 2 is 2.00 bits per heavy atom. The van der Waals surface area contributed by atoms with E-state index in [2.05, 4.69) is 11.8 Å². The lowest BCUT2D eigenvalue weighted by Crippen LogP contribution is -2.10. The Hall–Kier alpha value is -1.26. The predicted molar refractivity (Wildman–Crippen MR) is 51.7 cm³/mol. The third-order valence-corrected chi connectivity index (χ3v) is 1.58. The van der Waals surface area contributed by atoms with Gasteiger partial charge in [0, 0.05) is 5.56 Å². The average Bonchev–Trinajstić information content (AvgIpc) is 2.03. The van der Waals surface area contributed by atoms with E-state index in [0.717, 1.165) is 5.56 Å². The molecule has 2 N–H and O–H groups in total. The van der Waals surface area contributed by atoms with Gasteiger partial charge in [0.2, 0.25) is 0 Å². The number of benzene rings is 1. The molecule has 62 valence electrons. The minimum Gasteiger partial charge on any atom is -0.318 e. The van der Waals surface area contributed by atoms with Gasteiger partial charge in [-0.05, 0) is 25.5 Å². The van der Waals surface area contributed by atoms with Crippen molar-refractivity contribution in [1.29, 1.82) is 0 Å². The van der Waals surface area contributed by atoms with Crippen LogP contribution in [0.1, 0.15) is 18.1 Å². The van der Waals surface area contributed by atoms with Crippen LogP contribution in [0.4, 0.5) is 0 Å². The lowest BCUT2D eigenvalue weighted by Gasteiger charge is -1.95. The van der Waals surface area contributed by atoms with Crippen molar-refractivity contribution in [2.75, 3.05) is 0 Å². The first-order chi connectivity index (χ1) is 5.70. The van der Waals surface area contributed by atoms with Gasteiger partial charge < -0.3 is 5.73 Å². The van der Waals surface area contributed by atoms with E-state index in [4.69, 9.17) is 5.73 Å². The number of rotatable bonds is 0. The molecule has 1 heteroatoms. The molecule has 0 aliphatic heterocycles. The summed E-state index contributed by atoms with van der Waals surface area (Å²) in [5, 5.41) is 0. The molecular weight excluding hydrogens is 146 g/mol. The minimum absolute atomic E-state index is 0.0513. The van der Waals surface area contributed by atoms with E-state index in [9.17, 15) is 0 Å². The molecule has 0 bridgehead atoms. The predicted octanol–water partition coefficient (Wildman–Crippen LogP) is 1.69. The van der Waals surface area contributed by atoms with Gasteiger partial charge in [0.05, 0.1) is 6.04 Å². The van der Waals surface area contributed by atoms with Gasteiger partial charge in [-0.15, -0.1) is 0 Å². The molecule has 0 aliphatic rings. The van der Waals surface area contributed by atoms with Crippen LogP contribution in [0.15, 0.2) is 24.3 Å². The zero-order valence-electron chi connectivity index (χ0n) is 7.46. The number of nitrogens with two attached hydrogens (primary N) is 1. The van der Waals surface area contributed by atoms with Crippen molar-refractivity contribution in [2.24, 2.45) is 5.73 Å². The maximum absolute atomic E-state index is 5.52. The van der Waals surface area contributed by atoms with Crippen LogP contribution in [0.2, 0.25) is 0 Å². The highest BCUT2D eigenvalue weighted by atomic mass is 14.6. The fraction of sp³-hybridized carbons (Fsp3) is 0.273. The quantitative estimate of drug-likeness (QED) is 0.573. The highest BCUT2D eigenvalue weighted by Gasteiger charge is 1.90. The normalized spacial score (nSPS) is 11.6. The van der Waals surface area contributed by atoms with E-state index >= 15 is 0 Å². The summed E-state index contributed by atoms with van der Waals surface area (Å²) in [6.07, 6.45) is 0. The van der Waals surface area contributed by atoms with Crippen molar-refractivity contribution in [3.05, 3.63) is 35.4 Å². The monoisotopic (exact) mass is 159 g/mol. The van der Waals surface area contributed by atoms with Crippen molar-refractivity contribution in [1.82, 2.24) is 0 Å². The first-order valence-corrected chi connectivity index (χ1v) is 4.03. The molecule has 0 aliphatic carbocycles. The van der Waals surface area contributed by atoms with Crippen LogP contribution in [0.3, 0.4) is 0 Å². The van der Waals surface area contributed by atoms with E-state index in [1.54, 1.807) is 0 Å². The average molecular weight is 159 g/mol. The Labute approximate surface area is 73.6 Å². The summed E-state index contributed by atoms with van der Waals surface area (Å²) in [6.45, 7) is 3.93. The number of aryl methyl sites for hydroxylation is 1. The molecule has 0 aromatic heterocycles. The Morgan fingerprint density at radius 3 is 2.58 bits per heavy atom. The fourth-order valence-electron chi connectivity index (χ4n) is 0.905. The summed E-state index contributed by atoms with van der Waals surface area (Å²) < 4.78 is 0. The van der Waals surface area contributed by atoms with Gasteiger partial charge in [0.15, 0.2) is 0 Å². The van der Waals surface area contributed by atoms with E-state index in [1.165, 1.54) is 5.56 Å². The maximum Gasteiger partial charge on any atom is 0.0639 e. The summed E-state index contributed by atoms with van der Waals surface area (Å²) in [6, 6.07) is 7.99. The second-order valence-electron chi connectivity index (χ2n) is 2.87. The largest absolute Gasteiger partial charge is 0.318 e. The van der Waals surface area contributed by atoms with E-state index in [-0.39, 0.29) is 6.04 Å². The maximum atomic E-state index is 5.52. The fourth-order valence-corrected chi connectivity index (χ4v) is 0.905. The molecular formula is C11H13N. The van der Waals surface area contributed by atoms with Crippen molar-refractivity contribution in [3.8, 4) is 11.8 Å². The Kier molecular flexibility index (Phi) is 2.90. The van der Waals surface area contributed by atoms with E-state index < -0.39 is 0 Å². The zero-order valence-corrected chi connectivity index (χ0v) is 7.46. The van der Waals surface area contributed by atoms with Crippen LogP contribution >= 0.6 is 0 Å². The molecule has 0 saturated heterocycles. The van der Waals surface area contributed by atoms with Gasteiger partial charge in [-0.25, -0.2) is 0 Å². The van der Waals surface area contributed by atoms with Crippen molar-refractivity contribution >= 4 is 0 Å². The highest BCUT2D eigenvalue weighted by Crippen LogP contribution is 2.04. The molecule has 1 atom stereocenters. The van der Waals surface area contributed by atoms with Crippen LogP contribution in [-0.4, -0.2) is 6.04 Å². The Bertz CT molecular complexity index is 315. The van der Waals surface area contributed by atoms with E-state index in [0.29, 0.717) is 0 Å². The van der Waals surface area contributed by atoms with Gasteiger partial charge in [-0.1, -0.05) is 30.0 Å². The van der Waals surface area contributed by atoms with E-state index in [1.807, 2.05) is 38.1 Å². The van der Waals surface area contributed by atoms with Gasteiger partial charge in [0.25, 0.3) is 0 Å². The Balaban J connectivity index is 2.92. The molecule has 12 heavy (non-hydrogen) atoms. The molecule has 1 nitrogen and oxygen atoms in total. The summed E-state index contributed by atoms with van der Waals surface area (Å²) in [5.41, 5.74) is 7.78. The first-order valence-electron chi connectivity index (χ1n) is 4.03. The molecule has 0 heterocycles. The topological polar surface area (TPSA) is 26.0 Å². The molecule has 1 rings (SSSR count). The second-order valence-corrected chi connectivity index (χ2v) is 2.87. The van der Waals surface area contributed by atoms with Gasteiger partial charge >= 0.3 is 0 Å². The van der Waals surface area contributed by atoms with Gasteiger partial charge in [-0.2, -0.15) is 0 Å². The van der Waals surface area contributed by atoms with Crippen molar-refractivity contribution in [3.63, 3.8) is 0 Å². The van der Waals surface area contributed by atoms with Crippen LogP contribution in [0.5, 0.6) is 0 Å². The van der Waals surface area contributed by atoms with Crippen LogP contribution in [0, 0.1) is 18.8 Å². The smallest absolute Gasteiger partial charge is 0.0639 e. The molecule has 1 unspecified atom stereocenters. The third kappa shape index (κ3) is 2.41. The molecule has 0 saturated carbocycles. The van der Waals surface area contributed by atoms with Crippen molar-refractivity contribution < 1.29 is 0 Å².